The van der Waals surface area contributed by atoms with Crippen molar-refractivity contribution in [3.05, 3.63) is 101 Å². The van der Waals surface area contributed by atoms with Gasteiger partial charge in [0.25, 0.3) is 11.8 Å². The van der Waals surface area contributed by atoms with E-state index >= 15 is 0 Å². The second-order valence-electron chi connectivity index (χ2n) is 9.14. The zero-order valence-electron chi connectivity index (χ0n) is 20.6. The summed E-state index contributed by atoms with van der Waals surface area (Å²) < 4.78 is 25.6. The number of carbonyl (C=O) groups excluding carboxylic acids is 2. The standard InChI is InChI=1S/C28H26N4O4S2/c1-19-9-11-20(12-10-19)27(33)30-24(28(34)29-22-13-15-38(35,36)18-22)16-21-17-32(23-6-3-2-4-7-23)31-26(21)25-8-5-14-37-25/h2-12,14,16-17,22H,13,15,18H2,1H3,(H,29,34)(H,30,33). The Kier molecular flexibility index (Phi) is 7.26. The van der Waals surface area contributed by atoms with Gasteiger partial charge in [-0.15, -0.1) is 11.3 Å². The largest absolute Gasteiger partial charge is 0.347 e. The van der Waals surface area contributed by atoms with Gasteiger partial charge in [0.1, 0.15) is 11.4 Å². The Labute approximate surface area is 224 Å². The minimum absolute atomic E-state index is 0.00490. The molecule has 2 aromatic carbocycles. The molecule has 0 spiro atoms. The van der Waals surface area contributed by atoms with Gasteiger partial charge in [-0.3, -0.25) is 9.59 Å². The molecule has 2 amide bonds. The number of benzene rings is 2. The molecule has 194 valence electrons. The third-order valence-electron chi connectivity index (χ3n) is 6.19. The maximum absolute atomic E-state index is 13.4. The van der Waals surface area contributed by atoms with Crippen molar-refractivity contribution in [3.63, 3.8) is 0 Å². The predicted molar refractivity (Wildman–Crippen MR) is 149 cm³/mol. The van der Waals surface area contributed by atoms with Crippen molar-refractivity contribution in [2.45, 2.75) is 19.4 Å². The number of sulfone groups is 1. The lowest BCUT2D eigenvalue weighted by atomic mass is 10.1. The van der Waals surface area contributed by atoms with E-state index in [4.69, 9.17) is 5.10 Å². The number of amides is 2. The summed E-state index contributed by atoms with van der Waals surface area (Å²) in [5.41, 5.74) is 3.54. The quantitative estimate of drug-likeness (QED) is 0.341. The van der Waals surface area contributed by atoms with Crippen LogP contribution in [-0.4, -0.2) is 47.6 Å². The van der Waals surface area contributed by atoms with Crippen molar-refractivity contribution in [1.29, 1.82) is 0 Å². The van der Waals surface area contributed by atoms with E-state index in [0.717, 1.165) is 16.1 Å². The van der Waals surface area contributed by atoms with Crippen LogP contribution < -0.4 is 10.6 Å². The molecule has 38 heavy (non-hydrogen) atoms. The summed E-state index contributed by atoms with van der Waals surface area (Å²) in [4.78, 5) is 27.4. The average molecular weight is 547 g/mol. The molecule has 1 atom stereocenters. The first kappa shape index (κ1) is 25.6. The second kappa shape index (κ2) is 10.8. The zero-order chi connectivity index (χ0) is 26.7. The molecular formula is C28H26N4O4S2. The predicted octanol–water partition coefficient (Wildman–Crippen LogP) is 3.98. The van der Waals surface area contributed by atoms with Crippen molar-refractivity contribution in [2.24, 2.45) is 0 Å². The highest BCUT2D eigenvalue weighted by Gasteiger charge is 2.30. The Hall–Kier alpha value is -4.02. The number of aromatic nitrogens is 2. The highest BCUT2D eigenvalue weighted by atomic mass is 32.2. The lowest BCUT2D eigenvalue weighted by molar-refractivity contribution is -0.118. The molecule has 0 radical (unpaired) electrons. The van der Waals surface area contributed by atoms with Crippen LogP contribution in [0.15, 0.2) is 84.0 Å². The fraction of sp³-hybridized carbons (Fsp3) is 0.179. The van der Waals surface area contributed by atoms with Crippen molar-refractivity contribution in [3.8, 4) is 16.3 Å². The molecule has 0 bridgehead atoms. The molecule has 5 rings (SSSR count). The summed E-state index contributed by atoms with van der Waals surface area (Å²) in [6.45, 7) is 1.92. The van der Waals surface area contributed by atoms with Gasteiger partial charge in [0.15, 0.2) is 9.84 Å². The van der Waals surface area contributed by atoms with Crippen molar-refractivity contribution in [1.82, 2.24) is 20.4 Å². The number of hydrogen-bond donors (Lipinski definition) is 2. The number of para-hydroxylation sites is 1. The van der Waals surface area contributed by atoms with E-state index in [0.29, 0.717) is 23.2 Å². The van der Waals surface area contributed by atoms with Crippen LogP contribution in [0.2, 0.25) is 0 Å². The maximum Gasteiger partial charge on any atom is 0.268 e. The lowest BCUT2D eigenvalue weighted by Crippen LogP contribution is -2.41. The first-order chi connectivity index (χ1) is 18.3. The fourth-order valence-corrected chi connectivity index (χ4v) is 6.60. The zero-order valence-corrected chi connectivity index (χ0v) is 22.3. The van der Waals surface area contributed by atoms with Crippen LogP contribution >= 0.6 is 11.3 Å². The van der Waals surface area contributed by atoms with Gasteiger partial charge in [0.05, 0.1) is 22.1 Å². The molecular weight excluding hydrogens is 520 g/mol. The molecule has 8 nitrogen and oxygen atoms in total. The molecule has 3 heterocycles. The molecule has 2 aromatic heterocycles. The molecule has 1 fully saturated rings. The Morgan fingerprint density at radius 1 is 1.05 bits per heavy atom. The number of thiophene rings is 1. The van der Waals surface area contributed by atoms with E-state index < -0.39 is 27.7 Å². The van der Waals surface area contributed by atoms with Gasteiger partial charge in [0.2, 0.25) is 0 Å². The molecule has 0 saturated carbocycles. The van der Waals surface area contributed by atoms with Gasteiger partial charge in [0, 0.05) is 23.4 Å². The third-order valence-corrected chi connectivity index (χ3v) is 8.84. The number of hydrogen-bond acceptors (Lipinski definition) is 6. The van der Waals surface area contributed by atoms with E-state index in [-0.39, 0.29) is 17.2 Å². The molecule has 4 aromatic rings. The summed E-state index contributed by atoms with van der Waals surface area (Å²) in [6, 6.07) is 19.9. The van der Waals surface area contributed by atoms with E-state index in [1.54, 1.807) is 29.1 Å². The number of carbonyl (C=O) groups is 2. The number of aryl methyl sites for hydroxylation is 1. The number of rotatable bonds is 7. The van der Waals surface area contributed by atoms with Crippen LogP contribution in [0.1, 0.15) is 27.9 Å². The van der Waals surface area contributed by atoms with Gasteiger partial charge in [-0.2, -0.15) is 5.10 Å². The van der Waals surface area contributed by atoms with E-state index in [1.165, 1.54) is 11.3 Å². The average Bonchev–Trinajstić information content (AvgIpc) is 3.64. The summed E-state index contributed by atoms with van der Waals surface area (Å²) in [7, 11) is -3.19. The molecule has 1 unspecified atom stereocenters. The SMILES string of the molecule is Cc1ccc(C(=O)NC(=Cc2cn(-c3ccccc3)nc2-c2cccs2)C(=O)NC2CCS(=O)(=O)C2)cc1. The van der Waals surface area contributed by atoms with Crippen LogP contribution in [0.3, 0.4) is 0 Å². The second-order valence-corrected chi connectivity index (χ2v) is 12.3. The minimum Gasteiger partial charge on any atom is -0.347 e. The molecule has 10 heteroatoms. The first-order valence-corrected chi connectivity index (χ1v) is 14.8. The molecule has 2 N–H and O–H groups in total. The van der Waals surface area contributed by atoms with Crippen molar-refractivity contribution >= 4 is 39.1 Å². The molecule has 1 saturated heterocycles. The Balaban J connectivity index is 1.53. The third kappa shape index (κ3) is 5.92. The molecule has 1 aliphatic heterocycles. The summed E-state index contributed by atoms with van der Waals surface area (Å²) in [5, 5.41) is 12.2. The van der Waals surface area contributed by atoms with E-state index in [9.17, 15) is 18.0 Å². The summed E-state index contributed by atoms with van der Waals surface area (Å²) in [5.74, 6) is -1.10. The highest BCUT2D eigenvalue weighted by molar-refractivity contribution is 7.91. The highest BCUT2D eigenvalue weighted by Crippen LogP contribution is 2.29. The van der Waals surface area contributed by atoms with E-state index in [1.807, 2.05) is 66.9 Å². The van der Waals surface area contributed by atoms with Crippen molar-refractivity contribution in [2.75, 3.05) is 11.5 Å². The Bertz CT molecular complexity index is 1590. The van der Waals surface area contributed by atoms with Gasteiger partial charge < -0.3 is 10.6 Å². The van der Waals surface area contributed by atoms with Gasteiger partial charge in [-0.25, -0.2) is 13.1 Å². The normalized spacial score (nSPS) is 16.8. The van der Waals surface area contributed by atoms with Crippen LogP contribution in [-0.2, 0) is 14.6 Å². The Morgan fingerprint density at radius 3 is 2.47 bits per heavy atom. The Morgan fingerprint density at radius 2 is 1.82 bits per heavy atom. The van der Waals surface area contributed by atoms with Gasteiger partial charge >= 0.3 is 0 Å². The van der Waals surface area contributed by atoms with Crippen LogP contribution in [0.25, 0.3) is 22.3 Å². The lowest BCUT2D eigenvalue weighted by Gasteiger charge is -2.14. The summed E-state index contributed by atoms with van der Waals surface area (Å²) >= 11 is 1.51. The monoisotopic (exact) mass is 546 g/mol. The molecule has 1 aliphatic rings. The molecule has 0 aliphatic carbocycles. The summed E-state index contributed by atoms with van der Waals surface area (Å²) in [6.07, 6.45) is 3.72. The van der Waals surface area contributed by atoms with Crippen LogP contribution in [0, 0.1) is 6.92 Å². The van der Waals surface area contributed by atoms with E-state index in [2.05, 4.69) is 10.6 Å². The smallest absolute Gasteiger partial charge is 0.268 e. The minimum atomic E-state index is -3.19. The van der Waals surface area contributed by atoms with Crippen LogP contribution in [0.5, 0.6) is 0 Å². The van der Waals surface area contributed by atoms with Crippen LogP contribution in [0.4, 0.5) is 0 Å². The maximum atomic E-state index is 13.4. The van der Waals surface area contributed by atoms with Gasteiger partial charge in [-0.05, 0) is 55.1 Å². The van der Waals surface area contributed by atoms with Crippen molar-refractivity contribution < 1.29 is 18.0 Å². The number of nitrogens with one attached hydrogen (secondary N) is 2. The van der Waals surface area contributed by atoms with Gasteiger partial charge in [-0.1, -0.05) is 42.0 Å². The fourth-order valence-electron chi connectivity index (χ4n) is 4.20. The number of nitrogens with zero attached hydrogens (tertiary/aromatic N) is 2. The first-order valence-electron chi connectivity index (χ1n) is 12.1. The topological polar surface area (TPSA) is 110 Å².